The molecule has 5 aromatic carbocycles. The van der Waals surface area contributed by atoms with Gasteiger partial charge in [-0.3, -0.25) is 9.62 Å². The summed E-state index contributed by atoms with van der Waals surface area (Å²) in [6.07, 6.45) is -0.486. The van der Waals surface area contributed by atoms with E-state index in [1.165, 1.54) is 16.3 Å². The first-order valence-corrected chi connectivity index (χ1v) is 16.6. The SMILES string of the molecule is C[C@H](c1ccc2ccccc2c1)N(C)C[C@H]1C[C@@H](c2ccc(CO)cc2)O[C@@H](c2cccc(NS(=O)(=O)c3ccccc3)c2)O1. The van der Waals surface area contributed by atoms with Gasteiger partial charge in [-0.1, -0.05) is 91.0 Å². The van der Waals surface area contributed by atoms with Crippen LogP contribution in [0.5, 0.6) is 0 Å². The van der Waals surface area contributed by atoms with Crippen molar-refractivity contribution in [3.8, 4) is 0 Å². The third kappa shape index (κ3) is 7.27. The quantitative estimate of drug-likeness (QED) is 0.169. The van der Waals surface area contributed by atoms with Crippen molar-refractivity contribution in [1.82, 2.24) is 4.90 Å². The summed E-state index contributed by atoms with van der Waals surface area (Å²) in [5, 5.41) is 12.0. The molecule has 0 unspecified atom stereocenters. The Balaban J connectivity index is 1.24. The molecule has 1 aliphatic rings. The van der Waals surface area contributed by atoms with Gasteiger partial charge in [0.2, 0.25) is 0 Å². The van der Waals surface area contributed by atoms with Crippen LogP contribution in [-0.4, -0.2) is 38.1 Å². The fourth-order valence-electron chi connectivity index (χ4n) is 5.80. The van der Waals surface area contributed by atoms with Gasteiger partial charge >= 0.3 is 0 Å². The van der Waals surface area contributed by atoms with Gasteiger partial charge in [-0.2, -0.15) is 0 Å². The second-order valence-electron chi connectivity index (χ2n) is 11.6. The Morgan fingerprint density at radius 3 is 2.31 bits per heavy atom. The van der Waals surface area contributed by atoms with Crippen LogP contribution in [0.3, 0.4) is 0 Å². The average Bonchev–Trinajstić information content (AvgIpc) is 3.08. The minimum atomic E-state index is -3.76. The Bertz CT molecular complexity index is 1850. The van der Waals surface area contributed by atoms with Crippen molar-refractivity contribution in [2.75, 3.05) is 18.3 Å². The molecule has 1 fully saturated rings. The van der Waals surface area contributed by atoms with Crippen LogP contribution in [0.1, 0.15) is 54.0 Å². The Morgan fingerprint density at radius 1 is 0.822 bits per heavy atom. The number of sulfonamides is 1. The Labute approximate surface area is 265 Å². The van der Waals surface area contributed by atoms with Crippen molar-refractivity contribution < 1.29 is 23.0 Å². The number of hydrogen-bond acceptors (Lipinski definition) is 6. The molecule has 1 heterocycles. The molecular formula is C37H38N2O5S. The molecule has 2 N–H and O–H groups in total. The van der Waals surface area contributed by atoms with Gasteiger partial charge in [-0.15, -0.1) is 0 Å². The maximum Gasteiger partial charge on any atom is 0.261 e. The van der Waals surface area contributed by atoms with Gasteiger partial charge in [0.1, 0.15) is 0 Å². The lowest BCUT2D eigenvalue weighted by Crippen LogP contribution is -2.38. The van der Waals surface area contributed by atoms with Crippen LogP contribution in [0.25, 0.3) is 10.8 Å². The van der Waals surface area contributed by atoms with Gasteiger partial charge in [-0.25, -0.2) is 8.42 Å². The van der Waals surface area contributed by atoms with Crippen LogP contribution in [0, 0.1) is 0 Å². The summed E-state index contributed by atoms with van der Waals surface area (Å²) in [6, 6.07) is 38.4. The largest absolute Gasteiger partial charge is 0.392 e. The standard InChI is InChI=1S/C37H38N2O5S/c1-26(30-20-19-28-9-6-7-10-31(28)21-30)39(2)24-34-23-36(29-17-15-27(25-40)16-18-29)44-37(43-34)32-11-8-12-33(22-32)38-45(41,42)35-13-4-3-5-14-35/h3-22,26,34,36-38,40H,23-25H2,1-2H3/t26-,34-,36+,37+/m1/s1. The zero-order chi connectivity index (χ0) is 31.4. The zero-order valence-corrected chi connectivity index (χ0v) is 26.2. The summed E-state index contributed by atoms with van der Waals surface area (Å²) >= 11 is 0. The van der Waals surface area contributed by atoms with Crippen molar-refractivity contribution in [3.63, 3.8) is 0 Å². The first-order valence-electron chi connectivity index (χ1n) is 15.2. The van der Waals surface area contributed by atoms with Crippen LogP contribution in [0.15, 0.2) is 126 Å². The molecule has 7 nitrogen and oxygen atoms in total. The predicted octanol–water partition coefficient (Wildman–Crippen LogP) is 7.37. The highest BCUT2D eigenvalue weighted by Crippen LogP contribution is 2.39. The van der Waals surface area contributed by atoms with Crippen LogP contribution < -0.4 is 4.72 Å². The summed E-state index contributed by atoms with van der Waals surface area (Å²) < 4.78 is 41.8. The van der Waals surface area contributed by atoms with Crippen molar-refractivity contribution in [3.05, 3.63) is 144 Å². The van der Waals surface area contributed by atoms with Gasteiger partial charge in [0, 0.05) is 30.3 Å². The number of likely N-dealkylation sites (N-methyl/N-ethyl adjacent to an activating group) is 1. The third-order valence-electron chi connectivity index (χ3n) is 8.49. The molecular weight excluding hydrogens is 584 g/mol. The maximum absolute atomic E-state index is 13.0. The van der Waals surface area contributed by atoms with Gasteiger partial charge in [-0.05, 0) is 71.8 Å². The normalized spacial score (nSPS) is 19.4. The van der Waals surface area contributed by atoms with E-state index in [0.29, 0.717) is 18.7 Å². The second-order valence-corrected chi connectivity index (χ2v) is 13.3. The number of ether oxygens (including phenoxy) is 2. The second kappa shape index (κ2) is 13.5. The molecule has 0 spiro atoms. The first-order chi connectivity index (χ1) is 21.8. The molecule has 5 aromatic rings. The highest BCUT2D eigenvalue weighted by atomic mass is 32.2. The number of hydrogen-bond donors (Lipinski definition) is 2. The smallest absolute Gasteiger partial charge is 0.261 e. The molecule has 45 heavy (non-hydrogen) atoms. The molecule has 1 aliphatic heterocycles. The van der Waals surface area contributed by atoms with Gasteiger partial charge in [0.25, 0.3) is 10.0 Å². The van der Waals surface area contributed by atoms with E-state index >= 15 is 0 Å². The van der Waals surface area contributed by atoms with E-state index in [4.69, 9.17) is 9.47 Å². The molecule has 8 heteroatoms. The number of rotatable bonds is 10. The van der Waals surface area contributed by atoms with Gasteiger partial charge in [0.05, 0.1) is 23.7 Å². The molecule has 0 aromatic heterocycles. The lowest BCUT2D eigenvalue weighted by molar-refractivity contribution is -0.253. The maximum atomic E-state index is 13.0. The lowest BCUT2D eigenvalue weighted by atomic mass is 9.98. The lowest BCUT2D eigenvalue weighted by Gasteiger charge is -2.39. The number of nitrogens with zero attached hydrogens (tertiary/aromatic N) is 1. The van der Waals surface area contributed by atoms with E-state index in [2.05, 4.69) is 66.1 Å². The highest BCUT2D eigenvalue weighted by Gasteiger charge is 2.33. The highest BCUT2D eigenvalue weighted by molar-refractivity contribution is 7.92. The molecule has 0 aliphatic carbocycles. The fourth-order valence-corrected chi connectivity index (χ4v) is 6.87. The Kier molecular flexibility index (Phi) is 9.30. The molecule has 0 saturated carbocycles. The average molecular weight is 623 g/mol. The first kappa shape index (κ1) is 31.0. The topological polar surface area (TPSA) is 88.1 Å². The van der Waals surface area contributed by atoms with Crippen molar-refractivity contribution >= 4 is 26.5 Å². The molecule has 1 saturated heterocycles. The van der Waals surface area contributed by atoms with Crippen LogP contribution in [0.4, 0.5) is 5.69 Å². The van der Waals surface area contributed by atoms with E-state index in [-0.39, 0.29) is 29.8 Å². The van der Waals surface area contributed by atoms with Crippen LogP contribution in [0.2, 0.25) is 0 Å². The zero-order valence-electron chi connectivity index (χ0n) is 25.4. The summed E-state index contributed by atoms with van der Waals surface area (Å²) in [6.45, 7) is 2.84. The number of anilines is 1. The van der Waals surface area contributed by atoms with Gasteiger partial charge in [0.15, 0.2) is 6.29 Å². The number of aliphatic hydroxyl groups excluding tert-OH is 1. The molecule has 0 amide bonds. The van der Waals surface area contributed by atoms with Crippen molar-refractivity contribution in [1.29, 1.82) is 0 Å². The number of benzene rings is 5. The summed E-state index contributed by atoms with van der Waals surface area (Å²) in [5.74, 6) is 0. The molecule has 0 bridgehead atoms. The number of nitrogens with one attached hydrogen (secondary N) is 1. The molecule has 0 radical (unpaired) electrons. The minimum Gasteiger partial charge on any atom is -0.392 e. The van der Waals surface area contributed by atoms with Crippen molar-refractivity contribution in [2.24, 2.45) is 0 Å². The summed E-state index contributed by atoms with van der Waals surface area (Å²) in [7, 11) is -1.65. The monoisotopic (exact) mass is 622 g/mol. The van der Waals surface area contributed by atoms with E-state index in [1.807, 2.05) is 30.3 Å². The van der Waals surface area contributed by atoms with E-state index < -0.39 is 16.3 Å². The number of aliphatic hydroxyl groups is 1. The minimum absolute atomic E-state index is 0.0245. The van der Waals surface area contributed by atoms with E-state index in [9.17, 15) is 13.5 Å². The molecule has 4 atom stereocenters. The van der Waals surface area contributed by atoms with Crippen LogP contribution >= 0.6 is 0 Å². The molecule has 232 valence electrons. The number of fused-ring (bicyclic) bond motifs is 1. The van der Waals surface area contributed by atoms with E-state index in [1.54, 1.807) is 48.5 Å². The third-order valence-corrected chi connectivity index (χ3v) is 9.89. The summed E-state index contributed by atoms with van der Waals surface area (Å²) in [5.41, 5.74) is 4.21. The Hall–Kier alpha value is -4.05. The molecule has 6 rings (SSSR count). The fraction of sp³-hybridized carbons (Fsp3) is 0.243. The summed E-state index contributed by atoms with van der Waals surface area (Å²) in [4.78, 5) is 2.49. The Morgan fingerprint density at radius 2 is 1.56 bits per heavy atom. The predicted molar refractivity (Wildman–Crippen MR) is 177 cm³/mol. The van der Waals surface area contributed by atoms with Crippen molar-refractivity contribution in [2.45, 2.75) is 49.4 Å². The van der Waals surface area contributed by atoms with E-state index in [0.717, 1.165) is 16.7 Å². The van der Waals surface area contributed by atoms with Gasteiger partial charge < -0.3 is 14.6 Å². The van der Waals surface area contributed by atoms with Crippen LogP contribution in [-0.2, 0) is 26.1 Å².